The average Bonchev–Trinajstić information content (AvgIpc) is 3.24. The first-order valence-electron chi connectivity index (χ1n) is 7.34. The van der Waals surface area contributed by atoms with Crippen molar-refractivity contribution < 1.29 is 9.90 Å². The Hall–Kier alpha value is -2.06. The topological polar surface area (TPSA) is 79.2 Å². The van der Waals surface area contributed by atoms with Crippen LogP contribution in [0.25, 0.3) is 10.2 Å². The van der Waals surface area contributed by atoms with E-state index in [1.54, 1.807) is 23.0 Å². The van der Waals surface area contributed by atoms with Gasteiger partial charge in [0.1, 0.15) is 12.1 Å². The number of aromatic nitrogens is 3. The van der Waals surface area contributed by atoms with Gasteiger partial charge in [-0.2, -0.15) is 0 Å². The standard InChI is InChI=1S/C15H14N4O2S2/c20-15(21)11-7-23-14(18-11)9-1-4-19(5-2-9)13-12-10(3-6-22-12)16-8-17-13/h3,6-9H,1-2,4-5H2,(H,20,21). The van der Waals surface area contributed by atoms with Crippen molar-refractivity contribution in [3.63, 3.8) is 0 Å². The number of carboxylic acids is 1. The van der Waals surface area contributed by atoms with Crippen LogP contribution in [0.5, 0.6) is 0 Å². The summed E-state index contributed by atoms with van der Waals surface area (Å²) in [5.41, 5.74) is 1.15. The lowest BCUT2D eigenvalue weighted by atomic mass is 9.97. The molecule has 0 saturated carbocycles. The lowest BCUT2D eigenvalue weighted by Crippen LogP contribution is -2.33. The predicted molar refractivity (Wildman–Crippen MR) is 90.7 cm³/mol. The molecule has 0 aliphatic carbocycles. The molecule has 1 N–H and O–H groups in total. The molecular formula is C15H14N4O2S2. The third-order valence-electron chi connectivity index (χ3n) is 4.11. The van der Waals surface area contributed by atoms with Crippen LogP contribution in [0, 0.1) is 0 Å². The van der Waals surface area contributed by atoms with Crippen molar-refractivity contribution in [2.75, 3.05) is 18.0 Å². The van der Waals surface area contributed by atoms with Gasteiger partial charge in [0.05, 0.1) is 15.2 Å². The first-order valence-corrected chi connectivity index (χ1v) is 9.10. The Labute approximate surface area is 140 Å². The van der Waals surface area contributed by atoms with E-state index < -0.39 is 5.97 Å². The van der Waals surface area contributed by atoms with Crippen molar-refractivity contribution in [1.82, 2.24) is 15.0 Å². The van der Waals surface area contributed by atoms with Gasteiger partial charge in [-0.15, -0.1) is 22.7 Å². The summed E-state index contributed by atoms with van der Waals surface area (Å²) in [4.78, 5) is 26.2. The summed E-state index contributed by atoms with van der Waals surface area (Å²) >= 11 is 3.12. The number of carbonyl (C=O) groups is 1. The van der Waals surface area contributed by atoms with Gasteiger partial charge < -0.3 is 10.0 Å². The van der Waals surface area contributed by atoms with E-state index >= 15 is 0 Å². The molecular weight excluding hydrogens is 332 g/mol. The third kappa shape index (κ3) is 2.68. The van der Waals surface area contributed by atoms with E-state index in [9.17, 15) is 4.79 Å². The van der Waals surface area contributed by atoms with Crippen molar-refractivity contribution in [2.24, 2.45) is 0 Å². The average molecular weight is 346 g/mol. The lowest BCUT2D eigenvalue weighted by Gasteiger charge is -2.32. The number of thiophene rings is 1. The van der Waals surface area contributed by atoms with Gasteiger partial charge in [0, 0.05) is 24.4 Å². The summed E-state index contributed by atoms with van der Waals surface area (Å²) in [6.45, 7) is 1.80. The summed E-state index contributed by atoms with van der Waals surface area (Å²) in [7, 11) is 0. The van der Waals surface area contributed by atoms with Gasteiger partial charge >= 0.3 is 5.97 Å². The van der Waals surface area contributed by atoms with Gasteiger partial charge in [0.2, 0.25) is 0 Å². The quantitative estimate of drug-likeness (QED) is 0.784. The van der Waals surface area contributed by atoms with Crippen LogP contribution in [0.2, 0.25) is 0 Å². The molecule has 4 heterocycles. The Balaban J connectivity index is 1.50. The SMILES string of the molecule is O=C(O)c1csc(C2CCN(c3ncnc4ccsc34)CC2)n1. The molecule has 3 aromatic rings. The number of hydrogen-bond acceptors (Lipinski definition) is 7. The maximum absolute atomic E-state index is 11.0. The molecule has 0 atom stereocenters. The minimum absolute atomic E-state index is 0.156. The maximum atomic E-state index is 11.0. The van der Waals surface area contributed by atoms with Gasteiger partial charge in [0.25, 0.3) is 0 Å². The van der Waals surface area contributed by atoms with Crippen LogP contribution in [0.4, 0.5) is 5.82 Å². The number of nitrogens with zero attached hydrogens (tertiary/aromatic N) is 4. The van der Waals surface area contributed by atoms with Crippen LogP contribution in [0.1, 0.15) is 34.3 Å². The molecule has 8 heteroatoms. The van der Waals surface area contributed by atoms with E-state index in [1.807, 2.05) is 11.4 Å². The van der Waals surface area contributed by atoms with Crippen LogP contribution in [0.15, 0.2) is 23.2 Å². The fourth-order valence-electron chi connectivity index (χ4n) is 2.91. The first-order chi connectivity index (χ1) is 11.2. The number of hydrogen-bond donors (Lipinski definition) is 1. The highest BCUT2D eigenvalue weighted by molar-refractivity contribution is 7.17. The molecule has 0 amide bonds. The molecule has 0 bridgehead atoms. The zero-order valence-corrected chi connectivity index (χ0v) is 13.8. The second-order valence-corrected chi connectivity index (χ2v) is 7.28. The van der Waals surface area contributed by atoms with Crippen molar-refractivity contribution in [2.45, 2.75) is 18.8 Å². The van der Waals surface area contributed by atoms with Gasteiger partial charge in [0.15, 0.2) is 5.69 Å². The van der Waals surface area contributed by atoms with Gasteiger partial charge in [-0.05, 0) is 24.3 Å². The van der Waals surface area contributed by atoms with Crippen molar-refractivity contribution in [3.05, 3.63) is 33.9 Å². The van der Waals surface area contributed by atoms with E-state index in [2.05, 4.69) is 19.9 Å². The molecule has 6 nitrogen and oxygen atoms in total. The number of rotatable bonds is 3. The number of piperidine rings is 1. The molecule has 1 aliphatic heterocycles. The maximum Gasteiger partial charge on any atom is 0.355 e. The Kier molecular flexibility index (Phi) is 3.70. The molecule has 23 heavy (non-hydrogen) atoms. The predicted octanol–water partition coefficient (Wildman–Crippen LogP) is 3.23. The fourth-order valence-corrected chi connectivity index (χ4v) is 4.74. The van der Waals surface area contributed by atoms with E-state index in [-0.39, 0.29) is 5.69 Å². The zero-order valence-electron chi connectivity index (χ0n) is 12.2. The van der Waals surface area contributed by atoms with Crippen LogP contribution < -0.4 is 4.90 Å². The molecule has 4 rings (SSSR count). The van der Waals surface area contributed by atoms with Gasteiger partial charge in [-0.25, -0.2) is 19.7 Å². The molecule has 0 spiro atoms. The Morgan fingerprint density at radius 1 is 1.26 bits per heavy atom. The first kappa shape index (κ1) is 14.5. The lowest BCUT2D eigenvalue weighted by molar-refractivity contribution is 0.0691. The number of fused-ring (bicyclic) bond motifs is 1. The van der Waals surface area contributed by atoms with E-state index in [0.717, 1.165) is 47.0 Å². The van der Waals surface area contributed by atoms with Crippen LogP contribution >= 0.6 is 22.7 Å². The van der Waals surface area contributed by atoms with Crippen molar-refractivity contribution in [1.29, 1.82) is 0 Å². The van der Waals surface area contributed by atoms with Crippen molar-refractivity contribution >= 4 is 44.7 Å². The molecule has 1 fully saturated rings. The summed E-state index contributed by atoms with van der Waals surface area (Å²) in [6.07, 6.45) is 3.54. The van der Waals surface area contributed by atoms with Crippen LogP contribution in [-0.4, -0.2) is 39.1 Å². The molecule has 0 unspecified atom stereocenters. The third-order valence-corrected chi connectivity index (χ3v) is 6.02. The van der Waals surface area contributed by atoms with E-state index in [1.165, 1.54) is 11.3 Å². The molecule has 0 radical (unpaired) electrons. The molecule has 3 aromatic heterocycles. The van der Waals surface area contributed by atoms with Crippen molar-refractivity contribution in [3.8, 4) is 0 Å². The highest BCUT2D eigenvalue weighted by Gasteiger charge is 2.25. The number of carboxylic acid groups (broad SMARTS) is 1. The molecule has 0 aromatic carbocycles. The molecule has 1 aliphatic rings. The second kappa shape index (κ2) is 5.86. The summed E-state index contributed by atoms with van der Waals surface area (Å²) in [6, 6.07) is 2.01. The zero-order chi connectivity index (χ0) is 15.8. The monoisotopic (exact) mass is 346 g/mol. The Morgan fingerprint density at radius 2 is 2.09 bits per heavy atom. The second-order valence-electron chi connectivity index (χ2n) is 5.47. The van der Waals surface area contributed by atoms with Crippen LogP contribution in [-0.2, 0) is 0 Å². The number of thiazole rings is 1. The fraction of sp³-hybridized carbons (Fsp3) is 0.333. The normalized spacial score (nSPS) is 16.1. The van der Waals surface area contributed by atoms with Gasteiger partial charge in [-0.1, -0.05) is 0 Å². The molecule has 1 saturated heterocycles. The summed E-state index contributed by atoms with van der Waals surface area (Å²) in [5.74, 6) is 0.393. The largest absolute Gasteiger partial charge is 0.476 e. The van der Waals surface area contributed by atoms with Gasteiger partial charge in [-0.3, -0.25) is 0 Å². The minimum Gasteiger partial charge on any atom is -0.476 e. The number of aromatic carboxylic acids is 1. The minimum atomic E-state index is -0.953. The van der Waals surface area contributed by atoms with E-state index in [4.69, 9.17) is 5.11 Å². The summed E-state index contributed by atoms with van der Waals surface area (Å²) in [5, 5.41) is 13.6. The molecule has 118 valence electrons. The highest BCUT2D eigenvalue weighted by Crippen LogP contribution is 2.34. The van der Waals surface area contributed by atoms with Crippen LogP contribution in [0.3, 0.4) is 0 Å². The Morgan fingerprint density at radius 3 is 2.83 bits per heavy atom. The number of anilines is 1. The Bertz CT molecular complexity index is 852. The highest BCUT2D eigenvalue weighted by atomic mass is 32.1. The summed E-state index contributed by atoms with van der Waals surface area (Å²) < 4.78 is 1.13. The van der Waals surface area contributed by atoms with E-state index in [0.29, 0.717) is 5.92 Å². The smallest absolute Gasteiger partial charge is 0.355 e.